The molecule has 2 rings (SSSR count). The van der Waals surface area contributed by atoms with Crippen molar-refractivity contribution >= 4 is 10.9 Å². The summed E-state index contributed by atoms with van der Waals surface area (Å²) in [6.07, 6.45) is 6.73. The lowest BCUT2D eigenvalue weighted by molar-refractivity contribution is 0.381. The minimum absolute atomic E-state index is 0.435. The number of likely N-dealkylation sites (N-methyl/N-ethyl adjacent to an activating group) is 1. The summed E-state index contributed by atoms with van der Waals surface area (Å²) >= 11 is 0. The van der Waals surface area contributed by atoms with Crippen molar-refractivity contribution in [2.45, 2.75) is 32.7 Å². The predicted octanol–water partition coefficient (Wildman–Crippen LogP) is 2.65. The van der Waals surface area contributed by atoms with E-state index in [1.54, 1.807) is 6.20 Å². The van der Waals surface area contributed by atoms with Crippen LogP contribution in [0.5, 0.6) is 5.75 Å². The van der Waals surface area contributed by atoms with E-state index in [1.165, 1.54) is 0 Å². The van der Waals surface area contributed by atoms with Crippen LogP contribution < -0.4 is 0 Å². The molecule has 0 bridgehead atoms. The third-order valence-electron chi connectivity index (χ3n) is 3.48. The first-order chi connectivity index (χ1) is 9.15. The maximum Gasteiger partial charge on any atom is 0.144 e. The number of hydrogen-bond acceptors (Lipinski definition) is 3. The summed E-state index contributed by atoms with van der Waals surface area (Å²) in [6.45, 7) is 4.01. The Hall–Kier alpha value is -1.55. The highest BCUT2D eigenvalue weighted by molar-refractivity contribution is 5.87. The Morgan fingerprint density at radius 2 is 2.16 bits per heavy atom. The van der Waals surface area contributed by atoms with Crippen LogP contribution in [0.3, 0.4) is 0 Å². The van der Waals surface area contributed by atoms with Gasteiger partial charge in [-0.25, -0.2) is 0 Å². The minimum atomic E-state index is 0.435. The molecule has 1 N–H and O–H groups in total. The van der Waals surface area contributed by atoms with Crippen LogP contribution in [0.4, 0.5) is 0 Å². The molecule has 0 radical (unpaired) electrons. The Kier molecular flexibility index (Phi) is 4.43. The lowest BCUT2D eigenvalue weighted by atomic mass is 10.2. The molecule has 104 valence electrons. The van der Waals surface area contributed by atoms with E-state index in [4.69, 9.17) is 0 Å². The summed E-state index contributed by atoms with van der Waals surface area (Å²) in [4.78, 5) is 6.35. The van der Waals surface area contributed by atoms with Crippen LogP contribution in [0.2, 0.25) is 0 Å². The molecule has 0 spiro atoms. The largest absolute Gasteiger partial charge is 0.505 e. The van der Waals surface area contributed by atoms with Crippen molar-refractivity contribution in [1.82, 2.24) is 14.5 Å². The topological polar surface area (TPSA) is 41.3 Å². The Morgan fingerprint density at radius 1 is 1.37 bits per heavy atom. The first kappa shape index (κ1) is 13.9. The maximum atomic E-state index is 10.4. The standard InChI is InChI=1S/C15H23N3O/c1-4-5-6-13-15(19)12-7-8-16-11-14(12)18(13)10-9-17(2)3/h7-8,11,19H,4-6,9-10H2,1-3H3. The second-order valence-corrected chi connectivity index (χ2v) is 5.25. The second kappa shape index (κ2) is 6.06. The zero-order valence-electron chi connectivity index (χ0n) is 12.1. The smallest absolute Gasteiger partial charge is 0.144 e. The van der Waals surface area contributed by atoms with Gasteiger partial charge in [0.05, 0.1) is 17.4 Å². The van der Waals surface area contributed by atoms with E-state index in [2.05, 4.69) is 35.5 Å². The molecule has 0 saturated carbocycles. The molecule has 2 heterocycles. The molecule has 4 nitrogen and oxygen atoms in total. The van der Waals surface area contributed by atoms with Gasteiger partial charge in [0.1, 0.15) is 5.75 Å². The Bertz CT molecular complexity index is 546. The van der Waals surface area contributed by atoms with Crippen molar-refractivity contribution in [3.63, 3.8) is 0 Å². The summed E-state index contributed by atoms with van der Waals surface area (Å²) in [7, 11) is 4.13. The maximum absolute atomic E-state index is 10.4. The molecule has 0 saturated heterocycles. The number of hydrogen-bond donors (Lipinski definition) is 1. The van der Waals surface area contributed by atoms with E-state index in [9.17, 15) is 5.11 Å². The number of unbranched alkanes of at least 4 members (excludes halogenated alkanes) is 1. The minimum Gasteiger partial charge on any atom is -0.505 e. The van der Waals surface area contributed by atoms with Crippen molar-refractivity contribution in [3.05, 3.63) is 24.2 Å². The average molecular weight is 261 g/mol. The van der Waals surface area contributed by atoms with Crippen LogP contribution >= 0.6 is 0 Å². The summed E-state index contributed by atoms with van der Waals surface area (Å²) in [6, 6.07) is 1.90. The number of aromatic nitrogens is 2. The molecular formula is C15H23N3O. The predicted molar refractivity (Wildman–Crippen MR) is 78.6 cm³/mol. The highest BCUT2D eigenvalue weighted by Gasteiger charge is 2.15. The lowest BCUT2D eigenvalue weighted by Gasteiger charge is -2.14. The molecule has 0 unspecified atom stereocenters. The van der Waals surface area contributed by atoms with Gasteiger partial charge in [-0.1, -0.05) is 13.3 Å². The molecule has 4 heteroatoms. The van der Waals surface area contributed by atoms with Crippen LogP contribution in [-0.4, -0.2) is 40.2 Å². The second-order valence-electron chi connectivity index (χ2n) is 5.25. The number of rotatable bonds is 6. The molecule has 0 aliphatic heterocycles. The average Bonchev–Trinajstić information content (AvgIpc) is 2.67. The number of pyridine rings is 1. The van der Waals surface area contributed by atoms with Crippen LogP contribution in [0.25, 0.3) is 10.9 Å². The van der Waals surface area contributed by atoms with Gasteiger partial charge in [0.2, 0.25) is 0 Å². The van der Waals surface area contributed by atoms with Gasteiger partial charge in [-0.2, -0.15) is 0 Å². The van der Waals surface area contributed by atoms with Gasteiger partial charge >= 0.3 is 0 Å². The van der Waals surface area contributed by atoms with E-state index in [-0.39, 0.29) is 0 Å². The number of nitrogens with zero attached hydrogens (tertiary/aromatic N) is 3. The fraction of sp³-hybridized carbons (Fsp3) is 0.533. The van der Waals surface area contributed by atoms with E-state index in [0.29, 0.717) is 5.75 Å². The summed E-state index contributed by atoms with van der Waals surface area (Å²) in [5.41, 5.74) is 2.08. The fourth-order valence-electron chi connectivity index (χ4n) is 2.38. The van der Waals surface area contributed by atoms with Gasteiger partial charge < -0.3 is 14.6 Å². The highest BCUT2D eigenvalue weighted by Crippen LogP contribution is 2.32. The zero-order valence-corrected chi connectivity index (χ0v) is 12.1. The lowest BCUT2D eigenvalue weighted by Crippen LogP contribution is -2.19. The quantitative estimate of drug-likeness (QED) is 0.869. The summed E-state index contributed by atoms with van der Waals surface area (Å²) < 4.78 is 2.22. The molecule has 19 heavy (non-hydrogen) atoms. The molecule has 2 aromatic rings. The van der Waals surface area contributed by atoms with Crippen molar-refractivity contribution in [2.75, 3.05) is 20.6 Å². The molecular weight excluding hydrogens is 238 g/mol. The molecule has 0 amide bonds. The van der Waals surface area contributed by atoms with Gasteiger partial charge in [-0.3, -0.25) is 4.98 Å². The normalized spacial score (nSPS) is 11.6. The third kappa shape index (κ3) is 2.89. The molecule has 0 aromatic carbocycles. The van der Waals surface area contributed by atoms with E-state index in [0.717, 1.165) is 48.9 Å². The Morgan fingerprint density at radius 3 is 2.84 bits per heavy atom. The van der Waals surface area contributed by atoms with Crippen molar-refractivity contribution < 1.29 is 5.11 Å². The summed E-state index contributed by atoms with van der Waals surface area (Å²) in [5, 5.41) is 11.3. The van der Waals surface area contributed by atoms with Crippen LogP contribution in [0.1, 0.15) is 25.5 Å². The van der Waals surface area contributed by atoms with E-state index < -0.39 is 0 Å². The van der Waals surface area contributed by atoms with Crippen molar-refractivity contribution in [2.24, 2.45) is 0 Å². The Labute approximate surface area is 114 Å². The first-order valence-corrected chi connectivity index (χ1v) is 6.94. The number of aromatic hydroxyl groups is 1. The fourth-order valence-corrected chi connectivity index (χ4v) is 2.38. The van der Waals surface area contributed by atoms with Crippen LogP contribution in [0, 0.1) is 0 Å². The Balaban J connectivity index is 2.43. The van der Waals surface area contributed by atoms with Crippen LogP contribution in [-0.2, 0) is 13.0 Å². The third-order valence-corrected chi connectivity index (χ3v) is 3.48. The molecule has 0 fully saturated rings. The summed E-state index contributed by atoms with van der Waals surface area (Å²) in [5.74, 6) is 0.435. The molecule has 0 aliphatic carbocycles. The molecule has 0 aliphatic rings. The van der Waals surface area contributed by atoms with Crippen molar-refractivity contribution in [3.8, 4) is 5.75 Å². The SMILES string of the molecule is CCCCc1c(O)c2ccncc2n1CCN(C)C. The van der Waals surface area contributed by atoms with Gasteiger partial charge in [0, 0.05) is 24.7 Å². The monoisotopic (exact) mass is 261 g/mol. The molecule has 2 aromatic heterocycles. The van der Waals surface area contributed by atoms with Gasteiger partial charge in [0.15, 0.2) is 0 Å². The van der Waals surface area contributed by atoms with Crippen LogP contribution in [0.15, 0.2) is 18.5 Å². The zero-order chi connectivity index (χ0) is 13.8. The van der Waals surface area contributed by atoms with Gasteiger partial charge in [-0.05, 0) is 33.0 Å². The van der Waals surface area contributed by atoms with Gasteiger partial charge in [-0.15, -0.1) is 0 Å². The van der Waals surface area contributed by atoms with Gasteiger partial charge in [0.25, 0.3) is 0 Å². The van der Waals surface area contributed by atoms with E-state index >= 15 is 0 Å². The number of fused-ring (bicyclic) bond motifs is 1. The van der Waals surface area contributed by atoms with Crippen molar-refractivity contribution in [1.29, 1.82) is 0 Å². The first-order valence-electron chi connectivity index (χ1n) is 6.94. The molecule has 0 atom stereocenters. The highest BCUT2D eigenvalue weighted by atomic mass is 16.3. The van der Waals surface area contributed by atoms with E-state index in [1.807, 2.05) is 12.3 Å².